The third kappa shape index (κ3) is 4.74. The summed E-state index contributed by atoms with van der Waals surface area (Å²) in [5.74, 6) is 0. The predicted octanol–water partition coefficient (Wildman–Crippen LogP) is 3.93. The van der Waals surface area contributed by atoms with Crippen molar-refractivity contribution in [3.05, 3.63) is 28.8 Å². The third-order valence-corrected chi connectivity index (χ3v) is 2.76. The van der Waals surface area contributed by atoms with Crippen molar-refractivity contribution in [2.24, 2.45) is 0 Å². The number of anilines is 1. The molecule has 0 spiro atoms. The van der Waals surface area contributed by atoms with Gasteiger partial charge in [-0.3, -0.25) is 0 Å². The van der Waals surface area contributed by atoms with Crippen LogP contribution in [0.4, 0.5) is 18.9 Å². The molecule has 2 nitrogen and oxygen atoms in total. The topological polar surface area (TPSA) is 32.3 Å². The van der Waals surface area contributed by atoms with E-state index in [9.17, 15) is 13.2 Å². The highest BCUT2D eigenvalue weighted by Gasteiger charge is 2.30. The van der Waals surface area contributed by atoms with Crippen LogP contribution in [-0.4, -0.2) is 18.3 Å². The summed E-state index contributed by atoms with van der Waals surface area (Å²) in [6.07, 6.45) is -1.95. The van der Waals surface area contributed by atoms with Crippen LogP contribution in [0.25, 0.3) is 0 Å². The maximum atomic E-state index is 12.4. The maximum Gasteiger partial charge on any atom is 0.416 e. The van der Waals surface area contributed by atoms with E-state index in [1.807, 2.05) is 0 Å². The maximum absolute atomic E-state index is 12.4. The standard InChI is InChI=1S/C12H15ClF3NO/c13-10-8-9(12(14,15)16)4-5-11(10)17-6-2-1-3-7-18/h4-5,8,17-18H,1-3,6-7H2. The zero-order valence-electron chi connectivity index (χ0n) is 9.73. The molecule has 0 atom stereocenters. The van der Waals surface area contributed by atoms with Crippen LogP contribution in [0.5, 0.6) is 0 Å². The summed E-state index contributed by atoms with van der Waals surface area (Å²) < 4.78 is 37.2. The average Bonchev–Trinajstić information content (AvgIpc) is 2.29. The monoisotopic (exact) mass is 281 g/mol. The molecular weight excluding hydrogens is 267 g/mol. The first-order chi connectivity index (χ1) is 8.45. The molecule has 0 unspecified atom stereocenters. The minimum atomic E-state index is -4.37. The molecule has 0 aromatic heterocycles. The van der Waals surface area contributed by atoms with Crippen LogP contribution in [0.3, 0.4) is 0 Å². The highest BCUT2D eigenvalue weighted by atomic mass is 35.5. The van der Waals surface area contributed by atoms with Gasteiger partial charge in [-0.05, 0) is 37.5 Å². The fraction of sp³-hybridized carbons (Fsp3) is 0.500. The Morgan fingerprint density at radius 2 is 1.89 bits per heavy atom. The van der Waals surface area contributed by atoms with Gasteiger partial charge in [0.15, 0.2) is 0 Å². The zero-order chi connectivity index (χ0) is 13.6. The van der Waals surface area contributed by atoms with E-state index in [0.717, 1.165) is 31.4 Å². The number of aliphatic hydroxyl groups is 1. The van der Waals surface area contributed by atoms with Gasteiger partial charge in [-0.1, -0.05) is 11.6 Å². The number of alkyl halides is 3. The lowest BCUT2D eigenvalue weighted by molar-refractivity contribution is -0.137. The normalized spacial score (nSPS) is 11.6. The quantitative estimate of drug-likeness (QED) is 0.774. The molecule has 102 valence electrons. The lowest BCUT2D eigenvalue weighted by Gasteiger charge is -2.11. The number of unbranched alkanes of at least 4 members (excludes halogenated alkanes) is 2. The van der Waals surface area contributed by atoms with E-state index < -0.39 is 11.7 Å². The van der Waals surface area contributed by atoms with Crippen LogP contribution in [0, 0.1) is 0 Å². The Hall–Kier alpha value is -0.940. The fourth-order valence-electron chi connectivity index (χ4n) is 1.47. The number of hydrogen-bond acceptors (Lipinski definition) is 2. The first-order valence-corrected chi connectivity index (χ1v) is 6.04. The van der Waals surface area contributed by atoms with Gasteiger partial charge in [0.25, 0.3) is 0 Å². The largest absolute Gasteiger partial charge is 0.416 e. The Balaban J connectivity index is 2.53. The van der Waals surface area contributed by atoms with Gasteiger partial charge in [0.05, 0.1) is 16.3 Å². The molecule has 18 heavy (non-hydrogen) atoms. The number of benzene rings is 1. The molecule has 0 aliphatic rings. The second-order valence-corrected chi connectivity index (χ2v) is 4.31. The second kappa shape index (κ2) is 6.85. The first-order valence-electron chi connectivity index (χ1n) is 5.66. The minimum Gasteiger partial charge on any atom is -0.396 e. The smallest absolute Gasteiger partial charge is 0.396 e. The van der Waals surface area contributed by atoms with E-state index in [-0.39, 0.29) is 11.6 Å². The molecule has 1 rings (SSSR count). The van der Waals surface area contributed by atoms with E-state index >= 15 is 0 Å². The molecule has 0 aliphatic heterocycles. The van der Waals surface area contributed by atoms with Gasteiger partial charge in [0, 0.05) is 13.2 Å². The molecule has 6 heteroatoms. The van der Waals surface area contributed by atoms with Crippen LogP contribution in [-0.2, 0) is 6.18 Å². The van der Waals surface area contributed by atoms with Crippen molar-refractivity contribution < 1.29 is 18.3 Å². The van der Waals surface area contributed by atoms with Gasteiger partial charge < -0.3 is 10.4 Å². The van der Waals surface area contributed by atoms with E-state index in [0.29, 0.717) is 12.2 Å². The summed E-state index contributed by atoms with van der Waals surface area (Å²) in [5, 5.41) is 11.6. The molecule has 0 bridgehead atoms. The summed E-state index contributed by atoms with van der Waals surface area (Å²) in [7, 11) is 0. The Morgan fingerprint density at radius 3 is 2.44 bits per heavy atom. The Labute approximate surface area is 109 Å². The number of aliphatic hydroxyl groups excluding tert-OH is 1. The van der Waals surface area contributed by atoms with Crippen LogP contribution in [0.15, 0.2) is 18.2 Å². The third-order valence-electron chi connectivity index (χ3n) is 2.45. The number of rotatable bonds is 6. The predicted molar refractivity (Wildman–Crippen MR) is 65.9 cm³/mol. The van der Waals surface area contributed by atoms with Crippen molar-refractivity contribution in [3.8, 4) is 0 Å². The SMILES string of the molecule is OCCCCCNc1ccc(C(F)(F)F)cc1Cl. The van der Waals surface area contributed by atoms with E-state index in [1.165, 1.54) is 6.07 Å². The molecule has 0 heterocycles. The van der Waals surface area contributed by atoms with Crippen molar-refractivity contribution in [1.82, 2.24) is 0 Å². The molecule has 0 saturated heterocycles. The van der Waals surface area contributed by atoms with Crippen LogP contribution in [0.1, 0.15) is 24.8 Å². The molecular formula is C12H15ClF3NO. The molecule has 0 fully saturated rings. The Bertz CT molecular complexity index is 382. The lowest BCUT2D eigenvalue weighted by Crippen LogP contribution is -2.06. The van der Waals surface area contributed by atoms with Crippen molar-refractivity contribution in [2.75, 3.05) is 18.5 Å². The first kappa shape index (κ1) is 15.1. The molecule has 0 saturated carbocycles. The minimum absolute atomic E-state index is 0.0620. The van der Waals surface area contributed by atoms with Gasteiger partial charge >= 0.3 is 6.18 Å². The number of nitrogens with one attached hydrogen (secondary N) is 1. The number of hydrogen-bond donors (Lipinski definition) is 2. The summed E-state index contributed by atoms with van der Waals surface area (Å²) in [6.45, 7) is 0.770. The van der Waals surface area contributed by atoms with Gasteiger partial charge in [0.1, 0.15) is 0 Å². The number of halogens is 4. The summed E-state index contributed by atoms with van der Waals surface area (Å²) in [5.41, 5.74) is -0.257. The highest BCUT2D eigenvalue weighted by Crippen LogP contribution is 2.33. The molecule has 0 aliphatic carbocycles. The molecule has 0 amide bonds. The molecule has 1 aromatic rings. The van der Waals surface area contributed by atoms with Gasteiger partial charge in [-0.2, -0.15) is 13.2 Å². The van der Waals surface area contributed by atoms with Gasteiger partial charge in [0.2, 0.25) is 0 Å². The van der Waals surface area contributed by atoms with Crippen molar-refractivity contribution >= 4 is 17.3 Å². The van der Waals surface area contributed by atoms with Crippen molar-refractivity contribution in [3.63, 3.8) is 0 Å². The fourth-order valence-corrected chi connectivity index (χ4v) is 1.72. The molecule has 2 N–H and O–H groups in total. The van der Waals surface area contributed by atoms with Crippen LogP contribution < -0.4 is 5.32 Å². The van der Waals surface area contributed by atoms with Crippen molar-refractivity contribution in [1.29, 1.82) is 0 Å². The van der Waals surface area contributed by atoms with Crippen LogP contribution in [0.2, 0.25) is 5.02 Å². The average molecular weight is 282 g/mol. The van der Waals surface area contributed by atoms with Gasteiger partial charge in [-0.15, -0.1) is 0 Å². The zero-order valence-corrected chi connectivity index (χ0v) is 10.5. The van der Waals surface area contributed by atoms with E-state index in [4.69, 9.17) is 16.7 Å². The Morgan fingerprint density at radius 1 is 1.17 bits per heavy atom. The van der Waals surface area contributed by atoms with E-state index in [2.05, 4.69) is 5.32 Å². The van der Waals surface area contributed by atoms with Gasteiger partial charge in [-0.25, -0.2) is 0 Å². The highest BCUT2D eigenvalue weighted by molar-refractivity contribution is 6.33. The summed E-state index contributed by atoms with van der Waals surface area (Å²) in [4.78, 5) is 0. The molecule has 0 radical (unpaired) electrons. The Kier molecular flexibility index (Phi) is 5.75. The van der Waals surface area contributed by atoms with Crippen LogP contribution >= 0.6 is 11.6 Å². The lowest BCUT2D eigenvalue weighted by atomic mass is 10.2. The second-order valence-electron chi connectivity index (χ2n) is 3.90. The summed E-state index contributed by atoms with van der Waals surface area (Å²) in [6, 6.07) is 3.25. The summed E-state index contributed by atoms with van der Waals surface area (Å²) >= 11 is 5.77. The van der Waals surface area contributed by atoms with Crippen molar-refractivity contribution in [2.45, 2.75) is 25.4 Å². The molecule has 1 aromatic carbocycles. The van der Waals surface area contributed by atoms with E-state index in [1.54, 1.807) is 0 Å².